The number of likely N-dealkylation sites (N-methyl/N-ethyl adjacent to an activating group) is 1. The lowest BCUT2D eigenvalue weighted by atomic mass is 10.3. The van der Waals surface area contributed by atoms with Gasteiger partial charge in [-0.2, -0.15) is 0 Å². The summed E-state index contributed by atoms with van der Waals surface area (Å²) in [6.07, 6.45) is 2.56. The van der Waals surface area contributed by atoms with E-state index in [1.54, 1.807) is 0 Å². The Morgan fingerprint density at radius 2 is 2.17 bits per heavy atom. The summed E-state index contributed by atoms with van der Waals surface area (Å²) in [7, 11) is 4.21. The van der Waals surface area contributed by atoms with Gasteiger partial charge >= 0.3 is 0 Å². The molecule has 4 nitrogen and oxygen atoms in total. The van der Waals surface area contributed by atoms with E-state index in [9.17, 15) is 0 Å². The summed E-state index contributed by atoms with van der Waals surface area (Å²) >= 11 is 0. The van der Waals surface area contributed by atoms with Crippen molar-refractivity contribution in [3.63, 3.8) is 0 Å². The van der Waals surface area contributed by atoms with Crippen LogP contribution < -0.4 is 5.73 Å². The smallest absolute Gasteiger partial charge is 0.113 e. The Balaban J connectivity index is 2.04. The molecule has 2 aromatic rings. The molecule has 1 aromatic carbocycles. The van der Waals surface area contributed by atoms with Gasteiger partial charge in [-0.05, 0) is 45.1 Å². The molecular weight excluding hydrogens is 224 g/mol. The van der Waals surface area contributed by atoms with Gasteiger partial charge in [0.2, 0.25) is 0 Å². The van der Waals surface area contributed by atoms with Gasteiger partial charge in [0, 0.05) is 24.7 Å². The van der Waals surface area contributed by atoms with E-state index in [1.807, 2.05) is 12.1 Å². The fraction of sp³-hybridized carbons (Fsp3) is 0.500. The van der Waals surface area contributed by atoms with Crippen LogP contribution in [0.4, 0.5) is 5.69 Å². The van der Waals surface area contributed by atoms with Crippen molar-refractivity contribution in [3.05, 3.63) is 24.0 Å². The van der Waals surface area contributed by atoms with Crippen LogP contribution in [-0.4, -0.2) is 35.1 Å². The Hall–Kier alpha value is -1.55. The summed E-state index contributed by atoms with van der Waals surface area (Å²) < 4.78 is 2.37. The maximum Gasteiger partial charge on any atom is 0.113 e. The zero-order chi connectivity index (χ0) is 12.7. The summed E-state index contributed by atoms with van der Waals surface area (Å²) in [6.45, 7) is 2.04. The van der Waals surface area contributed by atoms with Crippen molar-refractivity contribution in [3.8, 4) is 0 Å². The molecular formula is C14H20N4. The Morgan fingerprint density at radius 3 is 2.83 bits per heavy atom. The predicted octanol–water partition coefficient (Wildman–Crippen LogP) is 2.06. The molecule has 0 aliphatic heterocycles. The highest BCUT2D eigenvalue weighted by molar-refractivity contribution is 5.79. The first-order chi connectivity index (χ1) is 8.65. The number of aromatic nitrogens is 2. The van der Waals surface area contributed by atoms with Crippen LogP contribution in [-0.2, 0) is 6.54 Å². The van der Waals surface area contributed by atoms with Crippen LogP contribution in [0.3, 0.4) is 0 Å². The third-order valence-electron chi connectivity index (χ3n) is 3.52. The van der Waals surface area contributed by atoms with Crippen molar-refractivity contribution in [1.29, 1.82) is 0 Å². The predicted molar refractivity (Wildman–Crippen MR) is 74.7 cm³/mol. The number of rotatable bonds is 4. The van der Waals surface area contributed by atoms with Gasteiger partial charge in [0.05, 0.1) is 11.0 Å². The van der Waals surface area contributed by atoms with Crippen LogP contribution in [0.5, 0.6) is 0 Å². The Kier molecular flexibility index (Phi) is 2.74. The summed E-state index contributed by atoms with van der Waals surface area (Å²) in [5, 5.41) is 0. The molecule has 0 bridgehead atoms. The number of nitrogens with zero attached hydrogens (tertiary/aromatic N) is 3. The number of nitrogen functional groups attached to an aromatic ring is 1. The van der Waals surface area contributed by atoms with Gasteiger partial charge in [-0.1, -0.05) is 0 Å². The number of benzene rings is 1. The molecule has 1 saturated carbocycles. The van der Waals surface area contributed by atoms with Gasteiger partial charge in [-0.25, -0.2) is 4.98 Å². The van der Waals surface area contributed by atoms with Crippen LogP contribution in [0.15, 0.2) is 18.2 Å². The van der Waals surface area contributed by atoms with Gasteiger partial charge in [0.1, 0.15) is 5.82 Å². The molecule has 2 N–H and O–H groups in total. The first kappa shape index (κ1) is 11.5. The van der Waals surface area contributed by atoms with Crippen molar-refractivity contribution >= 4 is 16.7 Å². The molecule has 4 heteroatoms. The molecule has 0 unspecified atom stereocenters. The fourth-order valence-electron chi connectivity index (χ4n) is 2.35. The van der Waals surface area contributed by atoms with Crippen LogP contribution in [0.1, 0.15) is 24.6 Å². The molecule has 0 amide bonds. The summed E-state index contributed by atoms with van der Waals surface area (Å²) in [5.41, 5.74) is 8.89. The van der Waals surface area contributed by atoms with Crippen molar-refractivity contribution in [2.24, 2.45) is 0 Å². The van der Waals surface area contributed by atoms with E-state index in [0.717, 1.165) is 24.3 Å². The largest absolute Gasteiger partial charge is 0.399 e. The summed E-state index contributed by atoms with van der Waals surface area (Å²) in [5.74, 6) is 1.92. The standard InChI is InChI=1S/C14H20N4/c1-17(2)7-8-18-13-6-5-11(15)9-12(13)16-14(18)10-3-4-10/h5-6,9-10H,3-4,7-8,15H2,1-2H3. The van der Waals surface area contributed by atoms with Gasteiger partial charge in [-0.15, -0.1) is 0 Å². The Morgan fingerprint density at radius 1 is 1.39 bits per heavy atom. The molecule has 0 radical (unpaired) electrons. The van der Waals surface area contributed by atoms with Crippen molar-refractivity contribution < 1.29 is 0 Å². The maximum absolute atomic E-state index is 5.84. The highest BCUT2D eigenvalue weighted by atomic mass is 15.1. The lowest BCUT2D eigenvalue weighted by molar-refractivity contribution is 0.383. The average Bonchev–Trinajstić information content (AvgIpc) is 3.09. The van der Waals surface area contributed by atoms with Gasteiger partial charge in [-0.3, -0.25) is 0 Å². The summed E-state index contributed by atoms with van der Waals surface area (Å²) in [4.78, 5) is 6.99. The highest BCUT2D eigenvalue weighted by Crippen LogP contribution is 2.40. The molecule has 18 heavy (non-hydrogen) atoms. The number of imidazole rings is 1. The number of hydrogen-bond donors (Lipinski definition) is 1. The van der Waals surface area contributed by atoms with Crippen molar-refractivity contribution in [1.82, 2.24) is 14.5 Å². The SMILES string of the molecule is CN(C)CCn1c(C2CC2)nc2cc(N)ccc21. The van der Waals surface area contributed by atoms with Gasteiger partial charge < -0.3 is 15.2 Å². The second-order valence-corrected chi connectivity index (χ2v) is 5.45. The maximum atomic E-state index is 5.84. The number of anilines is 1. The van der Waals surface area contributed by atoms with E-state index in [1.165, 1.54) is 24.2 Å². The second-order valence-electron chi connectivity index (χ2n) is 5.45. The van der Waals surface area contributed by atoms with E-state index < -0.39 is 0 Å². The van der Waals surface area contributed by atoms with E-state index in [4.69, 9.17) is 10.7 Å². The van der Waals surface area contributed by atoms with E-state index >= 15 is 0 Å². The molecule has 1 aromatic heterocycles. The minimum atomic E-state index is 0.667. The molecule has 1 aliphatic carbocycles. The Bertz CT molecular complexity index is 566. The van der Waals surface area contributed by atoms with Crippen molar-refractivity contribution in [2.45, 2.75) is 25.3 Å². The molecule has 0 spiro atoms. The van der Waals surface area contributed by atoms with Crippen LogP contribution in [0, 0.1) is 0 Å². The number of fused-ring (bicyclic) bond motifs is 1. The van der Waals surface area contributed by atoms with Crippen LogP contribution in [0.2, 0.25) is 0 Å². The molecule has 1 heterocycles. The topological polar surface area (TPSA) is 47.1 Å². The molecule has 1 aliphatic rings. The number of hydrogen-bond acceptors (Lipinski definition) is 3. The first-order valence-electron chi connectivity index (χ1n) is 6.55. The average molecular weight is 244 g/mol. The lowest BCUT2D eigenvalue weighted by Gasteiger charge is -2.13. The monoisotopic (exact) mass is 244 g/mol. The highest BCUT2D eigenvalue weighted by Gasteiger charge is 2.29. The minimum Gasteiger partial charge on any atom is -0.399 e. The third kappa shape index (κ3) is 2.08. The minimum absolute atomic E-state index is 0.667. The normalized spacial score (nSPS) is 15.7. The van der Waals surface area contributed by atoms with Crippen LogP contribution >= 0.6 is 0 Å². The first-order valence-corrected chi connectivity index (χ1v) is 6.55. The number of nitrogens with two attached hydrogens (primary N) is 1. The third-order valence-corrected chi connectivity index (χ3v) is 3.52. The van der Waals surface area contributed by atoms with Crippen molar-refractivity contribution in [2.75, 3.05) is 26.4 Å². The van der Waals surface area contributed by atoms with E-state index in [0.29, 0.717) is 5.92 Å². The molecule has 0 saturated heterocycles. The summed E-state index contributed by atoms with van der Waals surface area (Å²) in [6, 6.07) is 6.04. The molecule has 96 valence electrons. The van der Waals surface area contributed by atoms with E-state index in [-0.39, 0.29) is 0 Å². The molecule has 3 rings (SSSR count). The van der Waals surface area contributed by atoms with Gasteiger partial charge in [0.25, 0.3) is 0 Å². The lowest BCUT2D eigenvalue weighted by Crippen LogP contribution is -2.19. The van der Waals surface area contributed by atoms with Crippen LogP contribution in [0.25, 0.3) is 11.0 Å². The molecule has 0 atom stereocenters. The van der Waals surface area contributed by atoms with Gasteiger partial charge in [0.15, 0.2) is 0 Å². The molecule has 1 fully saturated rings. The second kappa shape index (κ2) is 4.28. The van der Waals surface area contributed by atoms with E-state index in [2.05, 4.69) is 29.6 Å². The zero-order valence-corrected chi connectivity index (χ0v) is 11.1. The Labute approximate surface area is 107 Å². The fourth-order valence-corrected chi connectivity index (χ4v) is 2.35. The quantitative estimate of drug-likeness (QED) is 0.837. The zero-order valence-electron chi connectivity index (χ0n) is 11.1.